The maximum absolute atomic E-state index is 6.62. The lowest BCUT2D eigenvalue weighted by atomic mass is 10.2. The molecule has 0 saturated heterocycles. The Morgan fingerprint density at radius 3 is 1.35 bits per heavy atom. The maximum atomic E-state index is 6.62. The summed E-state index contributed by atoms with van der Waals surface area (Å²) in [5, 5.41) is 38.7. The van der Waals surface area contributed by atoms with Crippen molar-refractivity contribution < 1.29 is 9.47 Å². The maximum Gasteiger partial charge on any atom is 0.231 e. The van der Waals surface area contributed by atoms with Gasteiger partial charge in [0.05, 0.1) is 46.3 Å². The van der Waals surface area contributed by atoms with E-state index >= 15 is 0 Å². The SMILES string of the molecule is CCc1nnc2n1/N=C/c1c(C)nn(-c3ccccc3)c1Oc1ccc(cc1)Oc1c(c(C)nn1-c1ccccc1)/C=N/n1c(CC)nnc1SCCS2. The van der Waals surface area contributed by atoms with E-state index in [1.54, 1.807) is 54.7 Å². The fourth-order valence-electron chi connectivity index (χ4n) is 5.76. The largest absolute Gasteiger partial charge is 0.438 e. The van der Waals surface area contributed by atoms with Crippen LogP contribution in [0.1, 0.15) is 48.0 Å². The van der Waals surface area contributed by atoms with Gasteiger partial charge in [-0.15, -0.1) is 20.4 Å². The van der Waals surface area contributed by atoms with E-state index in [1.165, 1.54) is 0 Å². The van der Waals surface area contributed by atoms with Crippen molar-refractivity contribution in [2.45, 2.75) is 50.8 Å². The van der Waals surface area contributed by atoms with Crippen LogP contribution in [0.3, 0.4) is 0 Å². The zero-order valence-corrected chi connectivity index (χ0v) is 31.7. The highest BCUT2D eigenvalue weighted by Crippen LogP contribution is 2.34. The van der Waals surface area contributed by atoms with Crippen LogP contribution in [0.5, 0.6) is 23.3 Å². The van der Waals surface area contributed by atoms with Gasteiger partial charge in [0, 0.05) is 24.3 Å². The topological polar surface area (TPSA) is 140 Å². The molecule has 0 fully saturated rings. The quantitative estimate of drug-likeness (QED) is 0.177. The average Bonchev–Trinajstić information content (AvgIpc) is 3.95. The Hall–Kier alpha value is -6.00. The molecule has 2 bridgehead atoms. The number of thioether (sulfide) groups is 2. The summed E-state index contributed by atoms with van der Waals surface area (Å²) in [7, 11) is 0. The first kappa shape index (κ1) is 35.1. The third-order valence-electron chi connectivity index (χ3n) is 8.52. The molecule has 0 atom stereocenters. The molecule has 0 unspecified atom stereocenters. The first-order chi connectivity index (χ1) is 26.5. The van der Waals surface area contributed by atoms with Crippen LogP contribution in [0.15, 0.2) is 105 Å². The molecule has 2 aliphatic heterocycles. The van der Waals surface area contributed by atoms with Gasteiger partial charge in [0.25, 0.3) is 0 Å². The molecule has 0 N–H and O–H groups in total. The molecule has 272 valence electrons. The smallest absolute Gasteiger partial charge is 0.231 e. The highest BCUT2D eigenvalue weighted by molar-refractivity contribution is 8.02. The molecule has 4 aromatic heterocycles. The van der Waals surface area contributed by atoms with E-state index in [4.69, 9.17) is 29.9 Å². The number of nitrogens with zero attached hydrogens (tertiary/aromatic N) is 12. The molecular weight excluding hydrogens is 721 g/mol. The number of aryl methyl sites for hydroxylation is 4. The molecule has 0 radical (unpaired) electrons. The van der Waals surface area contributed by atoms with Crippen LogP contribution in [0.2, 0.25) is 0 Å². The fraction of sp³-hybridized carbons (Fsp3) is 0.211. The number of fused-ring (bicyclic) bond motifs is 5. The van der Waals surface area contributed by atoms with E-state index in [-0.39, 0.29) is 0 Å². The number of hydrogen-bond acceptors (Lipinski definition) is 12. The van der Waals surface area contributed by atoms with E-state index in [9.17, 15) is 0 Å². The molecule has 0 spiro atoms. The summed E-state index contributed by atoms with van der Waals surface area (Å²) in [6, 6.07) is 27.2. The minimum Gasteiger partial charge on any atom is -0.438 e. The van der Waals surface area contributed by atoms with Gasteiger partial charge in [-0.05, 0) is 62.4 Å². The summed E-state index contributed by atoms with van der Waals surface area (Å²) in [6.45, 7) is 7.95. The van der Waals surface area contributed by atoms with E-state index in [0.717, 1.165) is 57.0 Å². The van der Waals surface area contributed by atoms with Gasteiger partial charge in [-0.2, -0.15) is 39.1 Å². The first-order valence-corrected chi connectivity index (χ1v) is 19.5. The van der Waals surface area contributed by atoms with Crippen molar-refractivity contribution in [3.05, 3.63) is 119 Å². The number of ether oxygens (including phenoxy) is 2. The normalized spacial score (nSPS) is 14.4. The van der Waals surface area contributed by atoms with Crippen LogP contribution in [0.4, 0.5) is 0 Å². The predicted octanol–water partition coefficient (Wildman–Crippen LogP) is 7.53. The van der Waals surface area contributed by atoms with Crippen LogP contribution < -0.4 is 9.47 Å². The zero-order chi connectivity index (χ0) is 37.0. The van der Waals surface area contributed by atoms with Crippen molar-refractivity contribution in [3.8, 4) is 34.6 Å². The van der Waals surface area contributed by atoms with Gasteiger partial charge in [-0.1, -0.05) is 73.8 Å². The summed E-state index contributed by atoms with van der Waals surface area (Å²) in [5.41, 5.74) is 4.65. The van der Waals surface area contributed by atoms with Gasteiger partial charge in [-0.3, -0.25) is 0 Å². The summed E-state index contributed by atoms with van der Waals surface area (Å²) in [5.74, 6) is 5.13. The van der Waals surface area contributed by atoms with Gasteiger partial charge in [-0.25, -0.2) is 0 Å². The van der Waals surface area contributed by atoms with Crippen molar-refractivity contribution in [1.82, 2.24) is 49.3 Å². The Balaban J connectivity index is 1.25. The highest BCUT2D eigenvalue weighted by atomic mass is 32.2. The molecule has 0 aliphatic carbocycles. The van der Waals surface area contributed by atoms with Crippen molar-refractivity contribution >= 4 is 36.0 Å². The standard InChI is InChI=1S/C38H36N12O2S2/c1-5-33-41-43-37-49(33)39-23-31-25(3)45-47(27-13-9-7-10-14-27)35(31)51-29-17-19-30(20-18-29)52-36-32(26(4)46-48(36)28-15-11-8-12-16-28)24-40-50-34(6-2)42-44-38(50)54-22-21-53-37/h7-20,23-24H,5-6,21-22H2,1-4H3/b39-23+,40-24+. The summed E-state index contributed by atoms with van der Waals surface area (Å²) in [6.07, 6.45) is 4.85. The summed E-state index contributed by atoms with van der Waals surface area (Å²) in [4.78, 5) is 0. The second-order valence-electron chi connectivity index (χ2n) is 12.1. The third-order valence-corrected chi connectivity index (χ3v) is 10.6. The van der Waals surface area contributed by atoms with Crippen LogP contribution in [-0.2, 0) is 12.8 Å². The molecule has 0 saturated carbocycles. The van der Waals surface area contributed by atoms with E-state index in [1.807, 2.05) is 113 Å². The van der Waals surface area contributed by atoms with Crippen LogP contribution >= 0.6 is 23.5 Å². The van der Waals surface area contributed by atoms with Gasteiger partial charge >= 0.3 is 0 Å². The highest BCUT2D eigenvalue weighted by Gasteiger charge is 2.22. The Kier molecular flexibility index (Phi) is 10.1. The molecule has 9 rings (SSSR count). The van der Waals surface area contributed by atoms with E-state index in [2.05, 4.69) is 20.4 Å². The lowest BCUT2D eigenvalue weighted by molar-refractivity contribution is 0.432. The van der Waals surface area contributed by atoms with Crippen molar-refractivity contribution in [2.75, 3.05) is 11.5 Å². The molecule has 6 heterocycles. The minimum atomic E-state index is 0.516. The van der Waals surface area contributed by atoms with Crippen LogP contribution in [0.25, 0.3) is 11.4 Å². The zero-order valence-electron chi connectivity index (χ0n) is 30.1. The number of benzene rings is 3. The van der Waals surface area contributed by atoms with Gasteiger partial charge < -0.3 is 9.47 Å². The second-order valence-corrected chi connectivity index (χ2v) is 14.2. The average molecular weight is 757 g/mol. The Labute approximate surface area is 319 Å². The van der Waals surface area contributed by atoms with Gasteiger partial charge in [0.1, 0.15) is 11.5 Å². The third kappa shape index (κ3) is 7.04. The molecule has 54 heavy (non-hydrogen) atoms. The van der Waals surface area contributed by atoms with Crippen LogP contribution in [-0.4, -0.2) is 73.2 Å². The molecule has 14 nitrogen and oxygen atoms in total. The summed E-state index contributed by atoms with van der Waals surface area (Å²) < 4.78 is 20.4. The number of para-hydroxylation sites is 2. The number of aromatic nitrogens is 10. The van der Waals surface area contributed by atoms with E-state index in [0.29, 0.717) is 46.4 Å². The summed E-state index contributed by atoms with van der Waals surface area (Å²) >= 11 is 3.14. The van der Waals surface area contributed by atoms with Crippen LogP contribution in [0, 0.1) is 13.8 Å². The molecule has 7 aromatic rings. The van der Waals surface area contributed by atoms with Crippen molar-refractivity contribution in [1.29, 1.82) is 0 Å². The Morgan fingerprint density at radius 1 is 0.556 bits per heavy atom. The Bertz CT molecular complexity index is 2280. The van der Waals surface area contributed by atoms with E-state index < -0.39 is 0 Å². The predicted molar refractivity (Wildman–Crippen MR) is 209 cm³/mol. The lowest BCUT2D eigenvalue weighted by Crippen LogP contribution is -2.03. The Morgan fingerprint density at radius 2 is 0.963 bits per heavy atom. The fourth-order valence-corrected chi connectivity index (χ4v) is 7.54. The van der Waals surface area contributed by atoms with Gasteiger partial charge in [0.15, 0.2) is 11.6 Å². The van der Waals surface area contributed by atoms with Gasteiger partial charge in [0.2, 0.25) is 22.1 Å². The molecule has 16 heteroatoms. The molecular formula is C38H36N12O2S2. The molecule has 2 aliphatic rings. The number of hydrogen-bond donors (Lipinski definition) is 0. The second kappa shape index (κ2) is 15.5. The molecule has 3 aromatic carbocycles. The minimum absolute atomic E-state index is 0.516. The first-order valence-electron chi connectivity index (χ1n) is 17.5. The van der Waals surface area contributed by atoms with Crippen molar-refractivity contribution in [3.63, 3.8) is 0 Å². The van der Waals surface area contributed by atoms with Crippen molar-refractivity contribution in [2.24, 2.45) is 10.2 Å². The number of rotatable bonds is 4. The molecule has 0 amide bonds. The lowest BCUT2D eigenvalue weighted by Gasteiger charge is -2.12. The monoisotopic (exact) mass is 756 g/mol.